The van der Waals surface area contributed by atoms with Crippen LogP contribution < -0.4 is 11.1 Å². The SMILES string of the molecule is NC1(C(=O)N2CCC(C(=O)Nc3cccc(F)c3)CC2)CCOCC1. The summed E-state index contributed by atoms with van der Waals surface area (Å²) in [6.07, 6.45) is 2.23. The number of nitrogens with two attached hydrogens (primary N) is 1. The molecule has 0 atom stereocenters. The Morgan fingerprint density at radius 1 is 1.24 bits per heavy atom. The Hall–Kier alpha value is -1.99. The highest BCUT2D eigenvalue weighted by atomic mass is 19.1. The fraction of sp³-hybridized carbons (Fsp3) is 0.556. The molecule has 2 aliphatic rings. The number of halogens is 1. The summed E-state index contributed by atoms with van der Waals surface area (Å²) in [4.78, 5) is 26.8. The molecule has 136 valence electrons. The van der Waals surface area contributed by atoms with Gasteiger partial charge in [-0.1, -0.05) is 6.07 Å². The number of nitrogens with one attached hydrogen (secondary N) is 1. The van der Waals surface area contributed by atoms with Gasteiger partial charge in [0.15, 0.2) is 0 Å². The van der Waals surface area contributed by atoms with Gasteiger partial charge in [-0.3, -0.25) is 9.59 Å². The average Bonchev–Trinajstić information content (AvgIpc) is 2.62. The summed E-state index contributed by atoms with van der Waals surface area (Å²) in [6, 6.07) is 5.84. The third-order valence-corrected chi connectivity index (χ3v) is 5.06. The van der Waals surface area contributed by atoms with Gasteiger partial charge in [-0.05, 0) is 43.9 Å². The van der Waals surface area contributed by atoms with E-state index in [1.165, 1.54) is 12.1 Å². The van der Waals surface area contributed by atoms with E-state index >= 15 is 0 Å². The molecule has 7 heteroatoms. The van der Waals surface area contributed by atoms with Gasteiger partial charge < -0.3 is 20.7 Å². The molecule has 2 amide bonds. The quantitative estimate of drug-likeness (QED) is 0.866. The third kappa shape index (κ3) is 4.16. The number of hydrogen-bond donors (Lipinski definition) is 2. The van der Waals surface area contributed by atoms with Crippen molar-refractivity contribution in [1.29, 1.82) is 0 Å². The fourth-order valence-corrected chi connectivity index (χ4v) is 3.42. The van der Waals surface area contributed by atoms with Gasteiger partial charge in [0.25, 0.3) is 0 Å². The second-order valence-corrected chi connectivity index (χ2v) is 6.83. The van der Waals surface area contributed by atoms with Gasteiger partial charge in [0.1, 0.15) is 5.82 Å². The number of amides is 2. The normalized spacial score (nSPS) is 21.0. The lowest BCUT2D eigenvalue weighted by molar-refractivity contribution is -0.143. The van der Waals surface area contributed by atoms with Crippen LogP contribution in [0, 0.1) is 11.7 Å². The van der Waals surface area contributed by atoms with Crippen LogP contribution in [0.25, 0.3) is 0 Å². The monoisotopic (exact) mass is 349 g/mol. The number of anilines is 1. The first-order valence-corrected chi connectivity index (χ1v) is 8.70. The fourth-order valence-electron chi connectivity index (χ4n) is 3.42. The Kier molecular flexibility index (Phi) is 5.34. The minimum absolute atomic E-state index is 0.0419. The number of nitrogens with zero attached hydrogens (tertiary/aromatic N) is 1. The van der Waals surface area contributed by atoms with E-state index in [4.69, 9.17) is 10.5 Å². The lowest BCUT2D eigenvalue weighted by Gasteiger charge is -2.39. The van der Waals surface area contributed by atoms with Crippen LogP contribution in [0.15, 0.2) is 24.3 Å². The predicted molar refractivity (Wildman–Crippen MR) is 91.3 cm³/mol. The Morgan fingerprint density at radius 3 is 2.56 bits per heavy atom. The molecule has 0 radical (unpaired) electrons. The first-order valence-electron chi connectivity index (χ1n) is 8.70. The number of benzene rings is 1. The van der Waals surface area contributed by atoms with Crippen molar-refractivity contribution in [2.75, 3.05) is 31.6 Å². The van der Waals surface area contributed by atoms with Crippen molar-refractivity contribution >= 4 is 17.5 Å². The molecule has 25 heavy (non-hydrogen) atoms. The molecule has 1 aromatic rings. The number of ether oxygens (including phenoxy) is 1. The highest BCUT2D eigenvalue weighted by Crippen LogP contribution is 2.25. The molecular weight excluding hydrogens is 325 g/mol. The molecule has 0 bridgehead atoms. The molecule has 0 aromatic heterocycles. The van der Waals surface area contributed by atoms with Gasteiger partial charge in [-0.25, -0.2) is 4.39 Å². The first kappa shape index (κ1) is 17.8. The number of hydrogen-bond acceptors (Lipinski definition) is 4. The van der Waals surface area contributed by atoms with E-state index in [0.717, 1.165) is 0 Å². The highest BCUT2D eigenvalue weighted by molar-refractivity contribution is 5.93. The minimum atomic E-state index is -0.838. The van der Waals surface area contributed by atoms with Crippen LogP contribution in [-0.2, 0) is 14.3 Å². The zero-order valence-electron chi connectivity index (χ0n) is 14.2. The predicted octanol–water partition coefficient (Wildman–Crippen LogP) is 1.51. The highest BCUT2D eigenvalue weighted by Gasteiger charge is 2.40. The van der Waals surface area contributed by atoms with E-state index < -0.39 is 5.54 Å². The van der Waals surface area contributed by atoms with E-state index in [9.17, 15) is 14.0 Å². The van der Waals surface area contributed by atoms with Gasteiger partial charge in [0.05, 0.1) is 5.54 Å². The van der Waals surface area contributed by atoms with Crippen LogP contribution in [0.1, 0.15) is 25.7 Å². The maximum atomic E-state index is 13.2. The Balaban J connectivity index is 1.52. The number of carbonyl (C=O) groups is 2. The number of carbonyl (C=O) groups excluding carboxylic acids is 2. The van der Waals surface area contributed by atoms with Crippen molar-refractivity contribution in [3.8, 4) is 0 Å². The molecule has 0 saturated carbocycles. The van der Waals surface area contributed by atoms with Gasteiger partial charge in [0, 0.05) is 37.9 Å². The van der Waals surface area contributed by atoms with E-state index in [1.54, 1.807) is 17.0 Å². The first-order chi connectivity index (χ1) is 12.0. The molecular formula is C18H24FN3O3. The van der Waals surface area contributed by atoms with Crippen molar-refractivity contribution in [3.05, 3.63) is 30.1 Å². The molecule has 0 aliphatic carbocycles. The molecule has 3 N–H and O–H groups in total. The minimum Gasteiger partial charge on any atom is -0.381 e. The molecule has 3 rings (SSSR count). The van der Waals surface area contributed by atoms with Crippen molar-refractivity contribution in [1.82, 2.24) is 4.90 Å². The van der Waals surface area contributed by atoms with Gasteiger partial charge in [-0.2, -0.15) is 0 Å². The van der Waals surface area contributed by atoms with Crippen molar-refractivity contribution in [2.24, 2.45) is 11.7 Å². The number of likely N-dealkylation sites (tertiary alicyclic amines) is 1. The molecule has 1 aromatic carbocycles. The zero-order chi connectivity index (χ0) is 17.9. The molecule has 6 nitrogen and oxygen atoms in total. The van der Waals surface area contributed by atoms with Crippen molar-refractivity contribution < 1.29 is 18.7 Å². The van der Waals surface area contributed by atoms with Gasteiger partial charge >= 0.3 is 0 Å². The molecule has 2 heterocycles. The summed E-state index contributed by atoms with van der Waals surface area (Å²) in [5.74, 6) is -0.746. The average molecular weight is 349 g/mol. The molecule has 2 fully saturated rings. The second-order valence-electron chi connectivity index (χ2n) is 6.83. The maximum absolute atomic E-state index is 13.2. The van der Waals surface area contributed by atoms with E-state index in [1.807, 2.05) is 0 Å². The summed E-state index contributed by atoms with van der Waals surface area (Å²) in [5, 5.41) is 2.74. The maximum Gasteiger partial charge on any atom is 0.242 e. The van der Waals surface area contributed by atoms with Crippen LogP contribution in [0.4, 0.5) is 10.1 Å². The summed E-state index contributed by atoms with van der Waals surface area (Å²) in [6.45, 7) is 2.04. The smallest absolute Gasteiger partial charge is 0.242 e. The molecule has 0 unspecified atom stereocenters. The molecule has 2 aliphatic heterocycles. The Bertz CT molecular complexity index is 638. The number of piperidine rings is 1. The topological polar surface area (TPSA) is 84.7 Å². The lowest BCUT2D eigenvalue weighted by atomic mass is 9.87. The summed E-state index contributed by atoms with van der Waals surface area (Å²) >= 11 is 0. The van der Waals surface area contributed by atoms with Crippen LogP contribution in [0.3, 0.4) is 0 Å². The third-order valence-electron chi connectivity index (χ3n) is 5.06. The lowest BCUT2D eigenvalue weighted by Crippen LogP contribution is -2.59. The number of rotatable bonds is 3. The van der Waals surface area contributed by atoms with E-state index in [-0.39, 0.29) is 23.5 Å². The van der Waals surface area contributed by atoms with Crippen LogP contribution >= 0.6 is 0 Å². The van der Waals surface area contributed by atoms with Gasteiger partial charge in [0.2, 0.25) is 11.8 Å². The van der Waals surface area contributed by atoms with Crippen LogP contribution in [0.2, 0.25) is 0 Å². The second kappa shape index (κ2) is 7.49. The standard InChI is InChI=1S/C18H24FN3O3/c19-14-2-1-3-15(12-14)21-16(23)13-4-8-22(9-5-13)17(24)18(20)6-10-25-11-7-18/h1-3,12-13H,4-11,20H2,(H,21,23). The van der Waals surface area contributed by atoms with Crippen molar-refractivity contribution in [3.63, 3.8) is 0 Å². The van der Waals surface area contributed by atoms with E-state index in [0.29, 0.717) is 57.7 Å². The molecule has 0 spiro atoms. The van der Waals surface area contributed by atoms with Crippen LogP contribution in [-0.4, -0.2) is 48.6 Å². The molecule has 2 saturated heterocycles. The Labute approximate surface area is 146 Å². The van der Waals surface area contributed by atoms with Gasteiger partial charge in [-0.15, -0.1) is 0 Å². The largest absolute Gasteiger partial charge is 0.381 e. The summed E-state index contributed by atoms with van der Waals surface area (Å²) < 4.78 is 18.5. The van der Waals surface area contributed by atoms with Crippen molar-refractivity contribution in [2.45, 2.75) is 31.2 Å². The zero-order valence-corrected chi connectivity index (χ0v) is 14.2. The Morgan fingerprint density at radius 2 is 1.92 bits per heavy atom. The van der Waals surface area contributed by atoms with Crippen LogP contribution in [0.5, 0.6) is 0 Å². The summed E-state index contributed by atoms with van der Waals surface area (Å²) in [7, 11) is 0. The summed E-state index contributed by atoms with van der Waals surface area (Å²) in [5.41, 5.74) is 5.87. The van der Waals surface area contributed by atoms with E-state index in [2.05, 4.69) is 5.32 Å².